The minimum atomic E-state index is -0.0514. The zero-order chi connectivity index (χ0) is 18.8. The summed E-state index contributed by atoms with van der Waals surface area (Å²) in [6.45, 7) is 6.87. The number of piperidine rings is 1. The second kappa shape index (κ2) is 8.29. The fourth-order valence-corrected chi connectivity index (χ4v) is 5.27. The number of amides is 1. The van der Waals surface area contributed by atoms with Gasteiger partial charge < -0.3 is 10.2 Å². The van der Waals surface area contributed by atoms with Crippen LogP contribution in [-0.4, -0.2) is 78.0 Å². The van der Waals surface area contributed by atoms with Crippen LogP contribution in [0.1, 0.15) is 38.2 Å². The van der Waals surface area contributed by atoms with Crippen molar-refractivity contribution < 1.29 is 4.79 Å². The zero-order valence-corrected chi connectivity index (χ0v) is 16.8. The van der Waals surface area contributed by atoms with Gasteiger partial charge in [0.1, 0.15) is 0 Å². The minimum Gasteiger partial charge on any atom is -0.351 e. The molecule has 3 atom stereocenters. The van der Waals surface area contributed by atoms with E-state index in [0.717, 1.165) is 49.9 Å². The molecule has 3 heterocycles. The lowest BCUT2D eigenvalue weighted by molar-refractivity contribution is -0.127. The lowest BCUT2D eigenvalue weighted by Crippen LogP contribution is -2.58. The van der Waals surface area contributed by atoms with Gasteiger partial charge in [-0.15, -0.1) is 0 Å². The molecule has 3 saturated heterocycles. The van der Waals surface area contributed by atoms with Crippen LogP contribution in [0.3, 0.4) is 0 Å². The molecule has 1 N–H and O–H groups in total. The highest BCUT2D eigenvalue weighted by atomic mass is 16.2. The summed E-state index contributed by atoms with van der Waals surface area (Å²) < 4.78 is 0. The molecule has 0 aromatic heterocycles. The predicted molar refractivity (Wildman–Crippen MR) is 108 cm³/mol. The van der Waals surface area contributed by atoms with Gasteiger partial charge in [-0.1, -0.05) is 30.3 Å². The molecule has 3 aliphatic heterocycles. The highest BCUT2D eigenvalue weighted by Crippen LogP contribution is 2.36. The molecule has 4 rings (SSSR count). The average Bonchev–Trinajstić information content (AvgIpc) is 2.92. The molecular weight excluding hydrogens is 336 g/mol. The van der Waals surface area contributed by atoms with Gasteiger partial charge in [-0.2, -0.15) is 0 Å². The summed E-state index contributed by atoms with van der Waals surface area (Å²) in [4.78, 5) is 20.2. The maximum absolute atomic E-state index is 12.6. The number of rotatable bonds is 5. The summed E-state index contributed by atoms with van der Waals surface area (Å²) in [5, 5.41) is 3.10. The van der Waals surface area contributed by atoms with E-state index in [1.54, 1.807) is 0 Å². The lowest BCUT2D eigenvalue weighted by atomic mass is 9.96. The average molecular weight is 371 g/mol. The highest BCUT2D eigenvalue weighted by Gasteiger charge is 2.41. The molecule has 0 saturated carbocycles. The third-order valence-electron chi connectivity index (χ3n) is 7.18. The van der Waals surface area contributed by atoms with E-state index in [1.807, 2.05) is 25.1 Å². The first-order valence-corrected chi connectivity index (χ1v) is 10.6. The van der Waals surface area contributed by atoms with Crippen molar-refractivity contribution >= 4 is 5.91 Å². The first kappa shape index (κ1) is 18.9. The predicted octanol–water partition coefficient (Wildman–Crippen LogP) is 1.93. The van der Waals surface area contributed by atoms with E-state index in [2.05, 4.69) is 39.2 Å². The van der Waals surface area contributed by atoms with Crippen molar-refractivity contribution in [3.05, 3.63) is 35.9 Å². The number of nitrogens with one attached hydrogen (secondary N) is 1. The van der Waals surface area contributed by atoms with Crippen molar-refractivity contribution in [2.45, 2.75) is 63.3 Å². The molecule has 0 spiro atoms. The Morgan fingerprint density at radius 1 is 1.04 bits per heavy atom. The van der Waals surface area contributed by atoms with E-state index in [-0.39, 0.29) is 11.9 Å². The summed E-state index contributed by atoms with van der Waals surface area (Å²) in [5.74, 6) is 0.143. The van der Waals surface area contributed by atoms with Crippen molar-refractivity contribution in [2.24, 2.45) is 0 Å². The molecule has 1 aromatic carbocycles. The van der Waals surface area contributed by atoms with Crippen LogP contribution in [0.4, 0.5) is 0 Å². The van der Waals surface area contributed by atoms with Gasteiger partial charge >= 0.3 is 0 Å². The number of fused-ring (bicyclic) bond motifs is 2. The van der Waals surface area contributed by atoms with Gasteiger partial charge in [0.25, 0.3) is 0 Å². The van der Waals surface area contributed by atoms with E-state index in [1.165, 1.54) is 25.7 Å². The molecule has 5 nitrogen and oxygen atoms in total. The monoisotopic (exact) mass is 370 g/mol. The Morgan fingerprint density at radius 2 is 1.67 bits per heavy atom. The van der Waals surface area contributed by atoms with Gasteiger partial charge in [0.15, 0.2) is 0 Å². The molecule has 3 aliphatic rings. The van der Waals surface area contributed by atoms with E-state index in [9.17, 15) is 4.79 Å². The third-order valence-corrected chi connectivity index (χ3v) is 7.18. The van der Waals surface area contributed by atoms with Gasteiger partial charge in [-0.3, -0.25) is 14.6 Å². The van der Waals surface area contributed by atoms with Crippen LogP contribution in [0.25, 0.3) is 0 Å². The Bertz CT molecular complexity index is 614. The molecule has 3 fully saturated rings. The Labute approximate surface area is 163 Å². The van der Waals surface area contributed by atoms with Crippen LogP contribution in [0.15, 0.2) is 30.3 Å². The zero-order valence-electron chi connectivity index (χ0n) is 16.8. The Balaban J connectivity index is 1.23. The number of nitrogens with zero attached hydrogens (tertiary/aromatic N) is 3. The lowest BCUT2D eigenvalue weighted by Gasteiger charge is -2.45. The first-order chi connectivity index (χ1) is 13.1. The summed E-state index contributed by atoms with van der Waals surface area (Å²) in [6.07, 6.45) is 5.44. The Kier molecular flexibility index (Phi) is 5.81. The van der Waals surface area contributed by atoms with Crippen molar-refractivity contribution in [2.75, 3.05) is 33.2 Å². The van der Waals surface area contributed by atoms with Crippen molar-refractivity contribution in [1.29, 1.82) is 0 Å². The quantitative estimate of drug-likeness (QED) is 0.860. The standard InChI is InChI=1S/C22H34N4O/c1-17(22(27)23-16-18-6-4-3-5-7-18)25-10-12-26(13-11-25)21-14-19-8-9-20(15-21)24(19)2/h3-7,17,19-21H,8-16H2,1-2H3,(H,23,27). The molecule has 1 amide bonds. The highest BCUT2D eigenvalue weighted by molar-refractivity contribution is 5.81. The summed E-state index contributed by atoms with van der Waals surface area (Å²) in [7, 11) is 2.31. The first-order valence-electron chi connectivity index (χ1n) is 10.6. The number of carbonyl (C=O) groups is 1. The number of hydrogen-bond donors (Lipinski definition) is 1. The minimum absolute atomic E-state index is 0.0514. The van der Waals surface area contributed by atoms with Crippen molar-refractivity contribution in [3.8, 4) is 0 Å². The SMILES string of the molecule is CC(C(=O)NCc1ccccc1)N1CCN(C2CC3CCC(C2)N3C)CC1. The third kappa shape index (κ3) is 4.20. The van der Waals surface area contributed by atoms with E-state index in [0.29, 0.717) is 6.54 Å². The molecule has 3 unspecified atom stereocenters. The number of hydrogen-bond acceptors (Lipinski definition) is 4. The van der Waals surface area contributed by atoms with Crippen LogP contribution in [-0.2, 0) is 11.3 Å². The molecule has 27 heavy (non-hydrogen) atoms. The summed E-state index contributed by atoms with van der Waals surface area (Å²) in [6, 6.07) is 12.4. The van der Waals surface area contributed by atoms with Crippen LogP contribution in [0, 0.1) is 0 Å². The van der Waals surface area contributed by atoms with Gasteiger partial charge in [-0.05, 0) is 45.2 Å². The number of carbonyl (C=O) groups excluding carboxylic acids is 1. The molecular formula is C22H34N4O. The normalized spacial score (nSPS) is 31.0. The van der Waals surface area contributed by atoms with Gasteiger partial charge in [-0.25, -0.2) is 0 Å². The second-order valence-electron chi connectivity index (χ2n) is 8.63. The van der Waals surface area contributed by atoms with Crippen molar-refractivity contribution in [3.63, 3.8) is 0 Å². The van der Waals surface area contributed by atoms with Crippen LogP contribution >= 0.6 is 0 Å². The fourth-order valence-electron chi connectivity index (χ4n) is 5.27. The topological polar surface area (TPSA) is 38.8 Å². The second-order valence-corrected chi connectivity index (χ2v) is 8.63. The molecule has 5 heteroatoms. The summed E-state index contributed by atoms with van der Waals surface area (Å²) >= 11 is 0. The maximum Gasteiger partial charge on any atom is 0.237 e. The fraction of sp³-hybridized carbons (Fsp3) is 0.682. The smallest absolute Gasteiger partial charge is 0.237 e. The van der Waals surface area contributed by atoms with Crippen LogP contribution in [0.2, 0.25) is 0 Å². The number of piperazine rings is 1. The van der Waals surface area contributed by atoms with E-state index < -0.39 is 0 Å². The largest absolute Gasteiger partial charge is 0.351 e. The maximum atomic E-state index is 12.6. The van der Waals surface area contributed by atoms with E-state index in [4.69, 9.17) is 0 Å². The van der Waals surface area contributed by atoms with Crippen LogP contribution in [0.5, 0.6) is 0 Å². The molecule has 2 bridgehead atoms. The van der Waals surface area contributed by atoms with Gasteiger partial charge in [0.05, 0.1) is 6.04 Å². The molecule has 1 aromatic rings. The van der Waals surface area contributed by atoms with Gasteiger partial charge in [0, 0.05) is 50.8 Å². The molecule has 0 aliphatic carbocycles. The molecule has 148 valence electrons. The number of benzene rings is 1. The summed E-state index contributed by atoms with van der Waals surface area (Å²) in [5.41, 5.74) is 1.15. The Hall–Kier alpha value is -1.43. The van der Waals surface area contributed by atoms with Crippen molar-refractivity contribution in [1.82, 2.24) is 20.0 Å². The Morgan fingerprint density at radius 3 is 2.30 bits per heavy atom. The molecule has 0 radical (unpaired) electrons. The van der Waals surface area contributed by atoms with Gasteiger partial charge in [0.2, 0.25) is 5.91 Å². The van der Waals surface area contributed by atoms with E-state index >= 15 is 0 Å². The van der Waals surface area contributed by atoms with Crippen LogP contribution < -0.4 is 5.32 Å².